The molecule has 0 N–H and O–H groups in total. The van der Waals surface area contributed by atoms with Gasteiger partial charge in [-0.15, -0.1) is 0 Å². The summed E-state index contributed by atoms with van der Waals surface area (Å²) in [7, 11) is 0. The molecule has 4 rings (SSSR count). The van der Waals surface area contributed by atoms with E-state index in [0.29, 0.717) is 21.4 Å². The molecule has 128 valence electrons. The highest BCUT2D eigenvalue weighted by molar-refractivity contribution is 6.31. The zero-order valence-electron chi connectivity index (χ0n) is 13.4. The number of benzene rings is 2. The molecule has 5 nitrogen and oxygen atoms in total. The molecule has 0 atom stereocenters. The summed E-state index contributed by atoms with van der Waals surface area (Å²) in [6, 6.07) is 17.7. The Labute approximate surface area is 159 Å². The summed E-state index contributed by atoms with van der Waals surface area (Å²) in [5.74, 6) is 0. The molecule has 0 bridgehead atoms. The number of hydrogen-bond donors (Lipinski definition) is 0. The lowest BCUT2D eigenvalue weighted by atomic mass is 10.2. The molecule has 0 aliphatic carbocycles. The van der Waals surface area contributed by atoms with E-state index in [-0.39, 0.29) is 5.43 Å². The van der Waals surface area contributed by atoms with Crippen LogP contribution in [0.1, 0.15) is 0 Å². The molecule has 7 heteroatoms. The zero-order valence-corrected chi connectivity index (χ0v) is 14.9. The minimum atomic E-state index is -0.195. The third-order valence-electron chi connectivity index (χ3n) is 3.84. The summed E-state index contributed by atoms with van der Waals surface area (Å²) in [5, 5.41) is 10.0. The van der Waals surface area contributed by atoms with Gasteiger partial charge in [-0.1, -0.05) is 29.3 Å². The van der Waals surface area contributed by atoms with Crippen molar-refractivity contribution in [2.75, 3.05) is 0 Å². The average molecular weight is 383 g/mol. The lowest BCUT2D eigenvalue weighted by Crippen LogP contribution is -2.14. The van der Waals surface area contributed by atoms with Gasteiger partial charge >= 0.3 is 0 Å². The van der Waals surface area contributed by atoms with Crippen molar-refractivity contribution >= 4 is 23.2 Å². The Hall–Kier alpha value is -2.89. The Balaban J connectivity index is 1.85. The number of aromatic nitrogens is 4. The first-order valence-corrected chi connectivity index (χ1v) is 8.54. The highest BCUT2D eigenvalue weighted by Crippen LogP contribution is 2.21. The van der Waals surface area contributed by atoms with Crippen molar-refractivity contribution in [3.63, 3.8) is 0 Å². The molecule has 26 heavy (non-hydrogen) atoms. The van der Waals surface area contributed by atoms with E-state index in [1.807, 2.05) is 24.3 Å². The predicted molar refractivity (Wildman–Crippen MR) is 102 cm³/mol. The molecule has 0 fully saturated rings. The van der Waals surface area contributed by atoms with Gasteiger partial charge in [0.05, 0.1) is 23.3 Å². The van der Waals surface area contributed by atoms with Crippen molar-refractivity contribution in [2.24, 2.45) is 0 Å². The van der Waals surface area contributed by atoms with Crippen LogP contribution < -0.4 is 5.43 Å². The summed E-state index contributed by atoms with van der Waals surface area (Å²) in [5.41, 5.74) is 2.23. The summed E-state index contributed by atoms with van der Waals surface area (Å²) in [6.07, 6.45) is 3.24. The maximum atomic E-state index is 12.4. The van der Waals surface area contributed by atoms with E-state index >= 15 is 0 Å². The summed E-state index contributed by atoms with van der Waals surface area (Å²) in [4.78, 5) is 12.4. The fraction of sp³-hybridized carbons (Fsp3) is 0. The van der Waals surface area contributed by atoms with Crippen LogP contribution in [0, 0.1) is 0 Å². The SMILES string of the molecule is O=c1ccn(-c2ccc(Cl)cc2)nc1-c1ccnn1-c1cccc(Cl)c1. The fourth-order valence-electron chi connectivity index (χ4n) is 2.62. The normalized spacial score (nSPS) is 10.8. The standard InChI is InChI=1S/C19H12Cl2N4O/c20-13-4-6-15(7-5-13)24-11-9-18(26)19(23-24)17-8-10-22-25(17)16-3-1-2-14(21)12-16/h1-12H. The van der Waals surface area contributed by atoms with E-state index in [2.05, 4.69) is 10.2 Å². The minimum Gasteiger partial charge on any atom is -0.287 e. The molecule has 0 aliphatic heterocycles. The molecule has 4 aromatic rings. The van der Waals surface area contributed by atoms with Crippen molar-refractivity contribution in [3.8, 4) is 22.8 Å². The second kappa shape index (κ2) is 6.78. The molecule has 0 radical (unpaired) electrons. The second-order valence-electron chi connectivity index (χ2n) is 5.56. The van der Waals surface area contributed by atoms with Gasteiger partial charge in [-0.05, 0) is 48.5 Å². The van der Waals surface area contributed by atoms with E-state index in [4.69, 9.17) is 23.2 Å². The average Bonchev–Trinajstić information content (AvgIpc) is 3.12. The van der Waals surface area contributed by atoms with Crippen LogP contribution in [0.25, 0.3) is 22.8 Å². The maximum absolute atomic E-state index is 12.4. The molecule has 0 saturated carbocycles. The second-order valence-corrected chi connectivity index (χ2v) is 6.43. The quantitative estimate of drug-likeness (QED) is 0.527. The third kappa shape index (κ3) is 3.14. The van der Waals surface area contributed by atoms with Gasteiger partial charge < -0.3 is 0 Å². The van der Waals surface area contributed by atoms with Gasteiger partial charge in [-0.25, -0.2) is 9.36 Å². The monoisotopic (exact) mass is 382 g/mol. The Morgan fingerprint density at radius 2 is 1.65 bits per heavy atom. The van der Waals surface area contributed by atoms with Crippen molar-refractivity contribution in [3.05, 3.63) is 93.3 Å². The summed E-state index contributed by atoms with van der Waals surface area (Å²) >= 11 is 12.0. The van der Waals surface area contributed by atoms with Crippen LogP contribution in [0.4, 0.5) is 0 Å². The van der Waals surface area contributed by atoms with Gasteiger partial charge in [0.2, 0.25) is 5.43 Å². The predicted octanol–water partition coefficient (Wildman–Crippen LogP) is 4.39. The van der Waals surface area contributed by atoms with Crippen LogP contribution in [-0.2, 0) is 0 Å². The van der Waals surface area contributed by atoms with E-state index in [0.717, 1.165) is 11.4 Å². The van der Waals surface area contributed by atoms with Gasteiger partial charge in [0.15, 0.2) is 5.69 Å². The first-order chi connectivity index (χ1) is 12.6. The lowest BCUT2D eigenvalue weighted by Gasteiger charge is -2.10. The largest absolute Gasteiger partial charge is 0.287 e. The van der Waals surface area contributed by atoms with Crippen LogP contribution >= 0.6 is 23.2 Å². The van der Waals surface area contributed by atoms with E-state index in [1.54, 1.807) is 52.1 Å². The van der Waals surface area contributed by atoms with E-state index < -0.39 is 0 Å². The molecule has 2 aromatic carbocycles. The summed E-state index contributed by atoms with van der Waals surface area (Å²) in [6.45, 7) is 0. The number of rotatable bonds is 3. The maximum Gasteiger partial charge on any atom is 0.209 e. The Morgan fingerprint density at radius 1 is 0.846 bits per heavy atom. The van der Waals surface area contributed by atoms with Crippen LogP contribution in [0.15, 0.2) is 77.9 Å². The van der Waals surface area contributed by atoms with Crippen LogP contribution in [0.5, 0.6) is 0 Å². The van der Waals surface area contributed by atoms with Crippen molar-refractivity contribution < 1.29 is 0 Å². The Morgan fingerprint density at radius 3 is 2.42 bits per heavy atom. The van der Waals surface area contributed by atoms with Crippen molar-refractivity contribution in [1.29, 1.82) is 0 Å². The first kappa shape index (κ1) is 16.6. The molecular weight excluding hydrogens is 371 g/mol. The van der Waals surface area contributed by atoms with Crippen LogP contribution in [0.3, 0.4) is 0 Å². The summed E-state index contributed by atoms with van der Waals surface area (Å²) < 4.78 is 3.27. The highest BCUT2D eigenvalue weighted by Gasteiger charge is 2.13. The molecule has 0 spiro atoms. The van der Waals surface area contributed by atoms with Gasteiger partial charge in [0.1, 0.15) is 0 Å². The molecule has 2 aromatic heterocycles. The smallest absolute Gasteiger partial charge is 0.209 e. The molecule has 0 saturated heterocycles. The molecule has 0 amide bonds. The first-order valence-electron chi connectivity index (χ1n) is 7.78. The number of halogens is 2. The third-order valence-corrected chi connectivity index (χ3v) is 4.32. The van der Waals surface area contributed by atoms with Crippen LogP contribution in [-0.4, -0.2) is 19.6 Å². The van der Waals surface area contributed by atoms with Gasteiger partial charge in [0, 0.05) is 22.3 Å². The van der Waals surface area contributed by atoms with Gasteiger partial charge in [0.25, 0.3) is 0 Å². The highest BCUT2D eigenvalue weighted by atomic mass is 35.5. The van der Waals surface area contributed by atoms with Crippen molar-refractivity contribution in [2.45, 2.75) is 0 Å². The zero-order chi connectivity index (χ0) is 18.1. The molecule has 2 heterocycles. The van der Waals surface area contributed by atoms with E-state index in [1.165, 1.54) is 6.07 Å². The van der Waals surface area contributed by atoms with Gasteiger partial charge in [-0.3, -0.25) is 4.79 Å². The van der Waals surface area contributed by atoms with Crippen LogP contribution in [0.2, 0.25) is 10.0 Å². The van der Waals surface area contributed by atoms with E-state index in [9.17, 15) is 4.79 Å². The minimum absolute atomic E-state index is 0.195. The number of hydrogen-bond acceptors (Lipinski definition) is 3. The van der Waals surface area contributed by atoms with Crippen molar-refractivity contribution in [1.82, 2.24) is 19.6 Å². The molecular formula is C19H12Cl2N4O. The Bertz CT molecular complexity index is 1130. The topological polar surface area (TPSA) is 52.7 Å². The number of nitrogens with zero attached hydrogens (tertiary/aromatic N) is 4. The Kier molecular flexibility index (Phi) is 4.32. The van der Waals surface area contributed by atoms with Gasteiger partial charge in [-0.2, -0.15) is 10.2 Å². The molecule has 0 unspecified atom stereocenters. The fourth-order valence-corrected chi connectivity index (χ4v) is 2.93. The molecule has 0 aliphatic rings. The lowest BCUT2D eigenvalue weighted by molar-refractivity contribution is 0.823.